The molecule has 94 valence electrons. The number of nitrogens with zero attached hydrogens (tertiary/aromatic N) is 3. The molecule has 0 N–H and O–H groups in total. The van der Waals surface area contributed by atoms with Crippen LogP contribution in [0.15, 0.2) is 17.4 Å². The molecule has 0 radical (unpaired) electrons. The summed E-state index contributed by atoms with van der Waals surface area (Å²) in [6.07, 6.45) is 3.69. The molecule has 4 nitrogen and oxygen atoms in total. The maximum atomic E-state index is 11.8. The highest BCUT2D eigenvalue weighted by molar-refractivity contribution is 7.99. The first-order chi connectivity index (χ1) is 8.13. The number of carbonyl (C=O) groups excluding carboxylic acids is 1. The normalized spacial score (nSPS) is 10.3. The highest BCUT2D eigenvalue weighted by atomic mass is 32.2. The standard InChI is InChI=1S/C12H19N3OS/c1-4-5-6-15(3)12(16)8-17-11-7-10(2)13-9-14-11/h7,9H,4-6,8H2,1-3H3. The summed E-state index contributed by atoms with van der Waals surface area (Å²) in [5.41, 5.74) is 0.925. The van der Waals surface area contributed by atoms with Crippen molar-refractivity contribution < 1.29 is 4.79 Å². The van der Waals surface area contributed by atoms with Crippen LogP contribution >= 0.6 is 11.8 Å². The number of aryl methyl sites for hydroxylation is 1. The second-order valence-electron chi connectivity index (χ2n) is 3.96. The van der Waals surface area contributed by atoms with Crippen molar-refractivity contribution in [1.29, 1.82) is 0 Å². The predicted octanol–water partition coefficient (Wildman–Crippen LogP) is 2.14. The van der Waals surface area contributed by atoms with E-state index in [0.29, 0.717) is 5.75 Å². The molecule has 0 aliphatic rings. The van der Waals surface area contributed by atoms with E-state index >= 15 is 0 Å². The topological polar surface area (TPSA) is 46.1 Å². The summed E-state index contributed by atoms with van der Waals surface area (Å²) >= 11 is 1.46. The van der Waals surface area contributed by atoms with Crippen molar-refractivity contribution in [3.05, 3.63) is 18.1 Å². The number of thioether (sulfide) groups is 1. The van der Waals surface area contributed by atoms with Crippen LogP contribution in [0, 0.1) is 6.92 Å². The summed E-state index contributed by atoms with van der Waals surface area (Å²) < 4.78 is 0. The molecule has 0 bridgehead atoms. The molecule has 1 amide bonds. The number of carbonyl (C=O) groups is 1. The quantitative estimate of drug-likeness (QED) is 0.575. The van der Waals surface area contributed by atoms with Gasteiger partial charge in [-0.3, -0.25) is 4.79 Å². The first kappa shape index (κ1) is 14.0. The van der Waals surface area contributed by atoms with Crippen LogP contribution in [0.2, 0.25) is 0 Å². The molecule has 0 saturated heterocycles. The van der Waals surface area contributed by atoms with E-state index in [1.807, 2.05) is 20.0 Å². The van der Waals surface area contributed by atoms with Crippen molar-refractivity contribution in [2.24, 2.45) is 0 Å². The van der Waals surface area contributed by atoms with Gasteiger partial charge < -0.3 is 4.90 Å². The zero-order valence-corrected chi connectivity index (χ0v) is 11.5. The fraction of sp³-hybridized carbons (Fsp3) is 0.583. The molecule has 1 rings (SSSR count). The van der Waals surface area contributed by atoms with E-state index in [0.717, 1.165) is 30.1 Å². The number of aromatic nitrogens is 2. The first-order valence-corrected chi connectivity index (χ1v) is 6.77. The van der Waals surface area contributed by atoms with Gasteiger partial charge >= 0.3 is 0 Å². The molecule has 1 heterocycles. The molecule has 0 aliphatic heterocycles. The number of hydrogen-bond donors (Lipinski definition) is 0. The van der Waals surface area contributed by atoms with Gasteiger partial charge in [0.15, 0.2) is 0 Å². The Balaban J connectivity index is 2.37. The van der Waals surface area contributed by atoms with E-state index in [4.69, 9.17) is 0 Å². The van der Waals surface area contributed by atoms with Crippen LogP contribution < -0.4 is 0 Å². The molecule has 0 aromatic carbocycles. The van der Waals surface area contributed by atoms with E-state index < -0.39 is 0 Å². The number of amides is 1. The number of hydrogen-bond acceptors (Lipinski definition) is 4. The molecule has 1 aromatic heterocycles. The van der Waals surface area contributed by atoms with Gasteiger partial charge in [-0.1, -0.05) is 25.1 Å². The molecule has 0 spiro atoms. The van der Waals surface area contributed by atoms with Crippen LogP contribution in [0.1, 0.15) is 25.5 Å². The Hall–Kier alpha value is -1.10. The maximum Gasteiger partial charge on any atom is 0.232 e. The zero-order valence-electron chi connectivity index (χ0n) is 10.6. The fourth-order valence-electron chi connectivity index (χ4n) is 1.27. The van der Waals surface area contributed by atoms with E-state index in [1.165, 1.54) is 18.1 Å². The summed E-state index contributed by atoms with van der Waals surface area (Å²) in [6.45, 7) is 4.87. The van der Waals surface area contributed by atoms with E-state index in [1.54, 1.807) is 4.90 Å². The van der Waals surface area contributed by atoms with Crippen LogP contribution in [-0.4, -0.2) is 40.1 Å². The van der Waals surface area contributed by atoms with Crippen LogP contribution in [-0.2, 0) is 4.79 Å². The van der Waals surface area contributed by atoms with Gasteiger partial charge in [0.2, 0.25) is 5.91 Å². The third-order valence-corrected chi connectivity index (χ3v) is 3.31. The first-order valence-electron chi connectivity index (χ1n) is 5.79. The molecular formula is C12H19N3OS. The van der Waals surface area contributed by atoms with Crippen molar-refractivity contribution in [3.63, 3.8) is 0 Å². The Morgan fingerprint density at radius 2 is 2.24 bits per heavy atom. The third-order valence-electron chi connectivity index (χ3n) is 2.40. The zero-order chi connectivity index (χ0) is 12.7. The summed E-state index contributed by atoms with van der Waals surface area (Å²) in [4.78, 5) is 21.7. The number of unbranched alkanes of at least 4 members (excludes halogenated alkanes) is 1. The fourth-order valence-corrected chi connectivity index (χ4v) is 2.14. The lowest BCUT2D eigenvalue weighted by Gasteiger charge is -2.16. The van der Waals surface area contributed by atoms with Crippen molar-refractivity contribution in [2.75, 3.05) is 19.3 Å². The molecule has 0 aliphatic carbocycles. The minimum Gasteiger partial charge on any atom is -0.345 e. The van der Waals surface area contributed by atoms with Crippen LogP contribution in [0.5, 0.6) is 0 Å². The van der Waals surface area contributed by atoms with E-state index in [9.17, 15) is 4.79 Å². The van der Waals surface area contributed by atoms with Crippen LogP contribution in [0.3, 0.4) is 0 Å². The second-order valence-corrected chi connectivity index (χ2v) is 4.95. The minimum atomic E-state index is 0.153. The van der Waals surface area contributed by atoms with Crippen molar-refractivity contribution in [1.82, 2.24) is 14.9 Å². The highest BCUT2D eigenvalue weighted by Crippen LogP contribution is 2.15. The average molecular weight is 253 g/mol. The minimum absolute atomic E-state index is 0.153. The summed E-state index contributed by atoms with van der Waals surface area (Å²) in [5.74, 6) is 0.594. The van der Waals surface area contributed by atoms with Crippen molar-refractivity contribution in [3.8, 4) is 0 Å². The lowest BCUT2D eigenvalue weighted by atomic mass is 10.3. The predicted molar refractivity (Wildman–Crippen MR) is 70.0 cm³/mol. The Labute approximate surface area is 107 Å². The van der Waals surface area contributed by atoms with Gasteiger partial charge in [0.25, 0.3) is 0 Å². The van der Waals surface area contributed by atoms with Gasteiger partial charge in [0, 0.05) is 19.3 Å². The van der Waals surface area contributed by atoms with E-state index in [2.05, 4.69) is 16.9 Å². The lowest BCUT2D eigenvalue weighted by molar-refractivity contribution is -0.127. The molecule has 17 heavy (non-hydrogen) atoms. The van der Waals surface area contributed by atoms with Gasteiger partial charge in [-0.15, -0.1) is 0 Å². The van der Waals surface area contributed by atoms with Crippen molar-refractivity contribution >= 4 is 17.7 Å². The average Bonchev–Trinajstić information content (AvgIpc) is 2.33. The molecule has 0 fully saturated rings. The Morgan fingerprint density at radius 3 is 2.88 bits per heavy atom. The molecule has 0 saturated carbocycles. The highest BCUT2D eigenvalue weighted by Gasteiger charge is 2.09. The SMILES string of the molecule is CCCCN(C)C(=O)CSc1cc(C)ncn1. The Kier molecular flexibility index (Phi) is 5.97. The number of rotatable bonds is 6. The Morgan fingerprint density at radius 1 is 1.47 bits per heavy atom. The molecule has 0 atom stereocenters. The van der Waals surface area contributed by atoms with Gasteiger partial charge in [0.1, 0.15) is 11.4 Å². The largest absolute Gasteiger partial charge is 0.345 e. The monoisotopic (exact) mass is 253 g/mol. The molecule has 1 aromatic rings. The van der Waals surface area contributed by atoms with Gasteiger partial charge in [-0.25, -0.2) is 9.97 Å². The summed E-state index contributed by atoms with van der Waals surface area (Å²) in [6, 6.07) is 1.89. The lowest BCUT2D eigenvalue weighted by Crippen LogP contribution is -2.29. The molecule has 0 unspecified atom stereocenters. The van der Waals surface area contributed by atoms with Crippen LogP contribution in [0.4, 0.5) is 0 Å². The molecular weight excluding hydrogens is 234 g/mol. The molecule has 5 heteroatoms. The summed E-state index contributed by atoms with van der Waals surface area (Å²) in [7, 11) is 1.85. The Bertz CT molecular complexity index is 371. The van der Waals surface area contributed by atoms with Gasteiger partial charge in [0.05, 0.1) is 5.75 Å². The smallest absolute Gasteiger partial charge is 0.232 e. The van der Waals surface area contributed by atoms with Gasteiger partial charge in [-0.05, 0) is 19.4 Å². The second kappa shape index (κ2) is 7.27. The van der Waals surface area contributed by atoms with Crippen molar-refractivity contribution in [2.45, 2.75) is 31.7 Å². The van der Waals surface area contributed by atoms with E-state index in [-0.39, 0.29) is 5.91 Å². The third kappa shape index (κ3) is 5.17. The maximum absolute atomic E-state index is 11.8. The van der Waals surface area contributed by atoms with Gasteiger partial charge in [-0.2, -0.15) is 0 Å². The van der Waals surface area contributed by atoms with Crippen LogP contribution in [0.25, 0.3) is 0 Å². The summed E-state index contributed by atoms with van der Waals surface area (Å²) in [5, 5.41) is 0.856.